The number of ether oxygens (including phenoxy) is 2. The van der Waals surface area contributed by atoms with Crippen LogP contribution in [0.25, 0.3) is 0 Å². The molecular formula is C8H3ClN2O4. The summed E-state index contributed by atoms with van der Waals surface area (Å²) in [6.07, 6.45) is 3.01. The third-order valence-electron chi connectivity index (χ3n) is 1.50. The minimum Gasteiger partial charge on any atom is -0.417 e. The van der Waals surface area contributed by atoms with Gasteiger partial charge in [-0.2, -0.15) is 5.10 Å². The second-order valence-electron chi connectivity index (χ2n) is 2.50. The van der Waals surface area contributed by atoms with Gasteiger partial charge in [0.15, 0.2) is 10.9 Å². The van der Waals surface area contributed by atoms with E-state index in [4.69, 9.17) is 21.1 Å². The highest BCUT2D eigenvalue weighted by Gasteiger charge is 2.19. The molecule has 0 fully saturated rings. The number of rotatable bonds is 0. The summed E-state index contributed by atoms with van der Waals surface area (Å²) in [5.41, 5.74) is 0. The molecule has 1 aromatic heterocycles. The lowest BCUT2D eigenvalue weighted by molar-refractivity contribution is -0.133. The first-order valence-corrected chi connectivity index (χ1v) is 4.17. The van der Waals surface area contributed by atoms with Gasteiger partial charge in [0.2, 0.25) is 5.75 Å². The van der Waals surface area contributed by atoms with Crippen molar-refractivity contribution in [1.29, 1.82) is 0 Å². The number of aromatic nitrogens is 2. The van der Waals surface area contributed by atoms with Crippen molar-refractivity contribution in [2.45, 2.75) is 0 Å². The molecule has 0 unspecified atom stereocenters. The van der Waals surface area contributed by atoms with Gasteiger partial charge in [-0.1, -0.05) is 11.6 Å². The average molecular weight is 227 g/mol. The molecule has 0 bridgehead atoms. The van der Waals surface area contributed by atoms with Gasteiger partial charge in [0.25, 0.3) is 0 Å². The van der Waals surface area contributed by atoms with Crippen LogP contribution in [0, 0.1) is 0 Å². The van der Waals surface area contributed by atoms with E-state index in [9.17, 15) is 9.59 Å². The summed E-state index contributed by atoms with van der Waals surface area (Å²) in [5, 5.41) is 6.75. The maximum Gasteiger partial charge on any atom is 0.336 e. The predicted octanol–water partition coefficient (Wildman–Crippen LogP) is 0.511. The van der Waals surface area contributed by atoms with E-state index in [0.717, 1.165) is 18.3 Å². The van der Waals surface area contributed by atoms with Crippen molar-refractivity contribution in [2.75, 3.05) is 0 Å². The SMILES string of the molecule is O=C1/C=C/C(=O)Oc2c(cnnc2Cl)O1. The number of esters is 2. The number of halogens is 1. The Hall–Kier alpha value is -1.95. The van der Waals surface area contributed by atoms with Crippen LogP contribution in [-0.2, 0) is 9.59 Å². The molecule has 0 aromatic carbocycles. The lowest BCUT2D eigenvalue weighted by atomic mass is 10.4. The van der Waals surface area contributed by atoms with E-state index < -0.39 is 11.9 Å². The molecule has 1 aromatic rings. The van der Waals surface area contributed by atoms with Crippen LogP contribution >= 0.6 is 11.6 Å². The molecule has 1 aliphatic heterocycles. The van der Waals surface area contributed by atoms with E-state index in [1.165, 1.54) is 0 Å². The maximum atomic E-state index is 11.1. The molecule has 2 heterocycles. The fraction of sp³-hybridized carbons (Fsp3) is 0. The number of carbonyl (C=O) groups excluding carboxylic acids is 2. The van der Waals surface area contributed by atoms with Gasteiger partial charge in [0.05, 0.1) is 6.20 Å². The van der Waals surface area contributed by atoms with E-state index in [-0.39, 0.29) is 16.7 Å². The first-order valence-electron chi connectivity index (χ1n) is 3.79. The monoisotopic (exact) mass is 226 g/mol. The number of fused-ring (bicyclic) bond motifs is 1. The summed E-state index contributed by atoms with van der Waals surface area (Å²) in [5.74, 6) is -1.60. The standard InChI is InChI=1S/C8H3ClN2O4/c9-8-7-4(3-10-11-8)14-5(12)1-2-6(13)15-7/h1-3H/b2-1+. The fourth-order valence-corrected chi connectivity index (χ4v) is 1.09. The van der Waals surface area contributed by atoms with Crippen LogP contribution in [-0.4, -0.2) is 22.1 Å². The highest BCUT2D eigenvalue weighted by atomic mass is 35.5. The lowest BCUT2D eigenvalue weighted by Crippen LogP contribution is -2.14. The lowest BCUT2D eigenvalue weighted by Gasteiger charge is -2.10. The average Bonchev–Trinajstić information content (AvgIpc) is 2.18. The van der Waals surface area contributed by atoms with Crippen LogP contribution in [0.15, 0.2) is 18.3 Å². The quantitative estimate of drug-likeness (QED) is 0.600. The van der Waals surface area contributed by atoms with Crippen LogP contribution in [0.1, 0.15) is 0 Å². The Morgan fingerprint density at radius 2 is 1.80 bits per heavy atom. The summed E-state index contributed by atoms with van der Waals surface area (Å²) in [6, 6.07) is 0. The Morgan fingerprint density at radius 3 is 2.53 bits per heavy atom. The van der Waals surface area contributed by atoms with E-state index in [0.29, 0.717) is 0 Å². The highest BCUT2D eigenvalue weighted by Crippen LogP contribution is 2.33. The summed E-state index contributed by atoms with van der Waals surface area (Å²) in [4.78, 5) is 22.1. The minimum absolute atomic E-state index is 0.0438. The van der Waals surface area contributed by atoms with Crippen LogP contribution in [0.5, 0.6) is 11.5 Å². The van der Waals surface area contributed by atoms with E-state index in [1.807, 2.05) is 0 Å². The van der Waals surface area contributed by atoms with Crippen LogP contribution in [0.4, 0.5) is 0 Å². The van der Waals surface area contributed by atoms with Gasteiger partial charge in [-0.05, 0) is 0 Å². The molecule has 15 heavy (non-hydrogen) atoms. The third-order valence-corrected chi connectivity index (χ3v) is 1.75. The Kier molecular flexibility index (Phi) is 2.34. The summed E-state index contributed by atoms with van der Waals surface area (Å²) in [6.45, 7) is 0. The molecule has 7 heteroatoms. The molecule has 0 spiro atoms. The largest absolute Gasteiger partial charge is 0.417 e. The van der Waals surface area contributed by atoms with Gasteiger partial charge in [-0.3, -0.25) is 0 Å². The number of nitrogens with zero attached hydrogens (tertiary/aromatic N) is 2. The van der Waals surface area contributed by atoms with Crippen molar-refractivity contribution in [2.24, 2.45) is 0 Å². The summed E-state index contributed by atoms with van der Waals surface area (Å²) < 4.78 is 9.55. The third kappa shape index (κ3) is 1.94. The molecule has 0 amide bonds. The van der Waals surface area contributed by atoms with Crippen molar-refractivity contribution in [3.05, 3.63) is 23.5 Å². The zero-order chi connectivity index (χ0) is 10.8. The van der Waals surface area contributed by atoms with Crippen LogP contribution in [0.3, 0.4) is 0 Å². The van der Waals surface area contributed by atoms with Gasteiger partial charge in [0.1, 0.15) is 0 Å². The van der Waals surface area contributed by atoms with Gasteiger partial charge in [-0.15, -0.1) is 5.10 Å². The topological polar surface area (TPSA) is 78.4 Å². The molecule has 0 radical (unpaired) electrons. The minimum atomic E-state index is -0.734. The smallest absolute Gasteiger partial charge is 0.336 e. The van der Waals surface area contributed by atoms with Crippen molar-refractivity contribution in [3.8, 4) is 11.5 Å². The Labute approximate surface area is 88.5 Å². The zero-order valence-electron chi connectivity index (χ0n) is 7.14. The molecule has 2 rings (SSSR count). The molecule has 0 N–H and O–H groups in total. The molecule has 0 saturated heterocycles. The molecular weight excluding hydrogens is 224 g/mol. The second kappa shape index (κ2) is 3.66. The van der Waals surface area contributed by atoms with Crippen molar-refractivity contribution < 1.29 is 19.1 Å². The molecule has 0 atom stereocenters. The molecule has 1 aliphatic rings. The van der Waals surface area contributed by atoms with Gasteiger partial charge in [-0.25, -0.2) is 9.59 Å². The maximum absolute atomic E-state index is 11.1. The number of hydrogen-bond acceptors (Lipinski definition) is 6. The number of hydrogen-bond donors (Lipinski definition) is 0. The van der Waals surface area contributed by atoms with Crippen LogP contribution in [0.2, 0.25) is 5.15 Å². The molecule has 0 saturated carbocycles. The molecule has 0 aliphatic carbocycles. The first kappa shape index (κ1) is 9.60. The van der Waals surface area contributed by atoms with Gasteiger partial charge < -0.3 is 9.47 Å². The molecule has 6 nitrogen and oxygen atoms in total. The van der Waals surface area contributed by atoms with E-state index in [1.54, 1.807) is 0 Å². The second-order valence-corrected chi connectivity index (χ2v) is 2.86. The Bertz CT molecular complexity index is 472. The van der Waals surface area contributed by atoms with E-state index in [2.05, 4.69) is 10.2 Å². The number of carbonyl (C=O) groups is 2. The van der Waals surface area contributed by atoms with Crippen LogP contribution < -0.4 is 9.47 Å². The van der Waals surface area contributed by atoms with Crippen molar-refractivity contribution >= 4 is 23.5 Å². The Balaban J connectivity index is 2.51. The van der Waals surface area contributed by atoms with Crippen molar-refractivity contribution in [1.82, 2.24) is 10.2 Å². The summed E-state index contributed by atoms with van der Waals surface area (Å²) >= 11 is 5.61. The fourth-order valence-electron chi connectivity index (χ4n) is 0.916. The highest BCUT2D eigenvalue weighted by molar-refractivity contribution is 6.31. The predicted molar refractivity (Wildman–Crippen MR) is 47.5 cm³/mol. The van der Waals surface area contributed by atoms with Crippen molar-refractivity contribution in [3.63, 3.8) is 0 Å². The van der Waals surface area contributed by atoms with E-state index >= 15 is 0 Å². The Morgan fingerprint density at radius 1 is 1.13 bits per heavy atom. The normalized spacial score (nSPS) is 16.9. The van der Waals surface area contributed by atoms with Gasteiger partial charge in [0, 0.05) is 12.2 Å². The van der Waals surface area contributed by atoms with Gasteiger partial charge >= 0.3 is 11.9 Å². The molecule has 76 valence electrons. The summed E-state index contributed by atoms with van der Waals surface area (Å²) in [7, 11) is 0. The first-order chi connectivity index (χ1) is 7.16. The zero-order valence-corrected chi connectivity index (χ0v) is 7.89.